The molecule has 0 aromatic heterocycles. The molecular formula is C16H32N2O2S. The van der Waals surface area contributed by atoms with Gasteiger partial charge in [-0.15, -0.1) is 0 Å². The van der Waals surface area contributed by atoms with E-state index in [-0.39, 0.29) is 16.8 Å². The lowest BCUT2D eigenvalue weighted by atomic mass is 10.0. The van der Waals surface area contributed by atoms with Crippen molar-refractivity contribution in [3.63, 3.8) is 0 Å². The number of piperidine rings is 1. The summed E-state index contributed by atoms with van der Waals surface area (Å²) >= 11 is 0. The van der Waals surface area contributed by atoms with Crippen molar-refractivity contribution in [1.29, 1.82) is 0 Å². The molecular weight excluding hydrogens is 284 g/mol. The van der Waals surface area contributed by atoms with Crippen molar-refractivity contribution < 1.29 is 8.42 Å². The topological polar surface area (TPSA) is 49.4 Å². The molecule has 1 atom stereocenters. The molecule has 2 aliphatic rings. The average molecular weight is 317 g/mol. The van der Waals surface area contributed by atoms with Crippen molar-refractivity contribution >= 4 is 10.0 Å². The van der Waals surface area contributed by atoms with Gasteiger partial charge in [0.1, 0.15) is 0 Å². The summed E-state index contributed by atoms with van der Waals surface area (Å²) in [6.45, 7) is 7.90. The van der Waals surface area contributed by atoms with Gasteiger partial charge >= 0.3 is 0 Å². The molecule has 4 nitrogen and oxygen atoms in total. The molecule has 0 aromatic rings. The number of hydrogen-bond donors (Lipinski definition) is 1. The molecule has 0 amide bonds. The smallest absolute Gasteiger partial charge is 0.217 e. The second kappa shape index (κ2) is 6.97. The van der Waals surface area contributed by atoms with Crippen LogP contribution in [0.15, 0.2) is 0 Å². The zero-order valence-corrected chi connectivity index (χ0v) is 14.7. The van der Waals surface area contributed by atoms with E-state index in [4.69, 9.17) is 0 Å². The average Bonchev–Trinajstić information content (AvgIpc) is 2.45. The van der Waals surface area contributed by atoms with E-state index >= 15 is 0 Å². The Morgan fingerprint density at radius 3 is 2.24 bits per heavy atom. The van der Waals surface area contributed by atoms with Crippen LogP contribution in [0.5, 0.6) is 0 Å². The lowest BCUT2D eigenvalue weighted by Gasteiger charge is -2.39. The Balaban J connectivity index is 2.06. The monoisotopic (exact) mass is 316 g/mol. The third kappa shape index (κ3) is 4.67. The summed E-state index contributed by atoms with van der Waals surface area (Å²) < 4.78 is 27.8. The molecule has 0 aromatic carbocycles. The fraction of sp³-hybridized carbons (Fsp3) is 1.00. The zero-order valence-electron chi connectivity index (χ0n) is 13.9. The highest BCUT2D eigenvalue weighted by molar-refractivity contribution is 7.89. The number of nitrogens with one attached hydrogen (secondary N) is 1. The lowest BCUT2D eigenvalue weighted by Crippen LogP contribution is -2.53. The summed E-state index contributed by atoms with van der Waals surface area (Å²) in [6.07, 6.45) is 8.21. The summed E-state index contributed by atoms with van der Waals surface area (Å²) in [5.74, 6) is 0. The van der Waals surface area contributed by atoms with Gasteiger partial charge in [0.25, 0.3) is 0 Å². The molecule has 1 saturated heterocycles. The fourth-order valence-corrected chi connectivity index (χ4v) is 5.78. The summed E-state index contributed by atoms with van der Waals surface area (Å²) in [4.78, 5) is 0. The van der Waals surface area contributed by atoms with Gasteiger partial charge in [0.05, 0.1) is 5.25 Å². The van der Waals surface area contributed by atoms with Crippen LogP contribution in [0.3, 0.4) is 0 Å². The maximum absolute atomic E-state index is 13.0. The van der Waals surface area contributed by atoms with E-state index in [0.29, 0.717) is 0 Å². The van der Waals surface area contributed by atoms with Crippen LogP contribution in [0, 0.1) is 0 Å². The molecule has 1 saturated carbocycles. The third-order valence-corrected chi connectivity index (χ3v) is 7.19. The summed E-state index contributed by atoms with van der Waals surface area (Å²) in [5.41, 5.74) is 0.0394. The van der Waals surface area contributed by atoms with Crippen LogP contribution in [0.1, 0.15) is 72.1 Å². The van der Waals surface area contributed by atoms with Gasteiger partial charge in [0.2, 0.25) is 10.0 Å². The van der Waals surface area contributed by atoms with Crippen molar-refractivity contribution in [2.24, 2.45) is 0 Å². The van der Waals surface area contributed by atoms with Gasteiger partial charge in [0, 0.05) is 24.7 Å². The van der Waals surface area contributed by atoms with Crippen molar-refractivity contribution in [1.82, 2.24) is 9.62 Å². The number of hydrogen-bond acceptors (Lipinski definition) is 3. The second-order valence-corrected chi connectivity index (χ2v) is 9.86. The molecule has 1 aliphatic carbocycles. The van der Waals surface area contributed by atoms with Gasteiger partial charge in [0.15, 0.2) is 0 Å². The van der Waals surface area contributed by atoms with Crippen molar-refractivity contribution in [3.8, 4) is 0 Å². The first kappa shape index (κ1) is 17.2. The minimum atomic E-state index is -3.11. The van der Waals surface area contributed by atoms with E-state index in [1.165, 1.54) is 6.42 Å². The molecule has 0 bridgehead atoms. The van der Waals surface area contributed by atoms with Gasteiger partial charge in [-0.1, -0.05) is 25.7 Å². The highest BCUT2D eigenvalue weighted by Crippen LogP contribution is 2.30. The van der Waals surface area contributed by atoms with Crippen LogP contribution >= 0.6 is 0 Å². The molecule has 1 aliphatic heterocycles. The van der Waals surface area contributed by atoms with Crippen LogP contribution in [-0.2, 0) is 10.0 Å². The predicted octanol–water partition coefficient (Wildman–Crippen LogP) is 2.89. The standard InChI is InChI=1S/C16H32N2O2S/c1-16(2,3)17-13-14-9-7-8-12-18(14)21(19,20)15-10-5-4-6-11-15/h14-15,17H,4-13H2,1-3H3. The largest absolute Gasteiger partial charge is 0.310 e. The van der Waals surface area contributed by atoms with E-state index in [1.54, 1.807) is 0 Å². The van der Waals surface area contributed by atoms with Crippen LogP contribution in [-0.4, -0.2) is 42.6 Å². The van der Waals surface area contributed by atoms with E-state index in [2.05, 4.69) is 26.1 Å². The molecule has 2 rings (SSSR count). The van der Waals surface area contributed by atoms with Crippen molar-refractivity contribution in [2.45, 2.75) is 89.0 Å². The van der Waals surface area contributed by atoms with Gasteiger partial charge in [-0.2, -0.15) is 4.31 Å². The highest BCUT2D eigenvalue weighted by Gasteiger charge is 2.38. The highest BCUT2D eigenvalue weighted by atomic mass is 32.2. The van der Waals surface area contributed by atoms with E-state index in [9.17, 15) is 8.42 Å². The SMILES string of the molecule is CC(C)(C)NCC1CCCCN1S(=O)(=O)C1CCCCC1. The first-order valence-corrected chi connectivity index (χ1v) is 10.1. The minimum Gasteiger partial charge on any atom is -0.310 e. The normalized spacial score (nSPS) is 26.9. The van der Waals surface area contributed by atoms with E-state index in [0.717, 1.165) is 58.0 Å². The third-order valence-electron chi connectivity index (χ3n) is 4.74. The van der Waals surface area contributed by atoms with E-state index in [1.807, 2.05) is 4.31 Å². The van der Waals surface area contributed by atoms with Crippen LogP contribution in [0.25, 0.3) is 0 Å². The Kier molecular flexibility index (Phi) is 5.71. The molecule has 0 radical (unpaired) electrons. The maximum atomic E-state index is 13.0. The lowest BCUT2D eigenvalue weighted by molar-refractivity contribution is 0.227. The Labute approximate surface area is 130 Å². The number of sulfonamides is 1. The molecule has 5 heteroatoms. The molecule has 21 heavy (non-hydrogen) atoms. The molecule has 124 valence electrons. The number of rotatable bonds is 4. The summed E-state index contributed by atoms with van der Waals surface area (Å²) in [5, 5.41) is 3.37. The zero-order chi connectivity index (χ0) is 15.5. The minimum absolute atomic E-state index is 0.0394. The van der Waals surface area contributed by atoms with Gasteiger partial charge in [-0.05, 0) is 46.5 Å². The maximum Gasteiger partial charge on any atom is 0.217 e. The fourth-order valence-electron chi connectivity index (χ4n) is 3.49. The Morgan fingerprint density at radius 2 is 1.62 bits per heavy atom. The Bertz CT molecular complexity index is 422. The van der Waals surface area contributed by atoms with Crippen LogP contribution < -0.4 is 5.32 Å². The quantitative estimate of drug-likeness (QED) is 0.867. The second-order valence-electron chi connectivity index (χ2n) is 7.70. The molecule has 1 unspecified atom stereocenters. The van der Waals surface area contributed by atoms with Gasteiger partial charge in [-0.3, -0.25) is 0 Å². The first-order chi connectivity index (χ1) is 9.81. The Hall–Kier alpha value is -0.130. The summed E-state index contributed by atoms with van der Waals surface area (Å²) in [6, 6.07) is 0.143. The summed E-state index contributed by atoms with van der Waals surface area (Å²) in [7, 11) is -3.11. The van der Waals surface area contributed by atoms with Crippen LogP contribution in [0.4, 0.5) is 0 Å². The Morgan fingerprint density at radius 1 is 1.00 bits per heavy atom. The van der Waals surface area contributed by atoms with Crippen molar-refractivity contribution in [2.75, 3.05) is 13.1 Å². The van der Waals surface area contributed by atoms with Crippen LogP contribution in [0.2, 0.25) is 0 Å². The molecule has 2 fully saturated rings. The van der Waals surface area contributed by atoms with Gasteiger partial charge < -0.3 is 5.32 Å². The number of nitrogens with zero attached hydrogens (tertiary/aromatic N) is 1. The van der Waals surface area contributed by atoms with E-state index < -0.39 is 10.0 Å². The molecule has 1 N–H and O–H groups in total. The van der Waals surface area contributed by atoms with Gasteiger partial charge in [-0.25, -0.2) is 8.42 Å². The predicted molar refractivity (Wildman–Crippen MR) is 87.9 cm³/mol. The molecule has 1 heterocycles. The van der Waals surface area contributed by atoms with Crippen molar-refractivity contribution in [3.05, 3.63) is 0 Å². The first-order valence-electron chi connectivity index (χ1n) is 8.56. The molecule has 0 spiro atoms.